The van der Waals surface area contributed by atoms with Crippen LogP contribution in [0.3, 0.4) is 0 Å². The Balaban J connectivity index is 0.000000213. The molecule has 0 radical (unpaired) electrons. The number of hydrogen-bond donors (Lipinski definition) is 6. The number of aliphatic hydroxyl groups is 3. The highest BCUT2D eigenvalue weighted by molar-refractivity contribution is 6.30. The molecular weight excluding hydrogens is 808 g/mol. The molecule has 13 nitrogen and oxygen atoms in total. The fraction of sp³-hybridized carbons (Fsp3) is 0.378. The van der Waals surface area contributed by atoms with Crippen LogP contribution in [-0.2, 0) is 4.74 Å². The number of carbonyl (C=O) groups is 2. The second kappa shape index (κ2) is 20.8. The van der Waals surface area contributed by atoms with Gasteiger partial charge in [0, 0.05) is 41.2 Å². The van der Waals surface area contributed by atoms with Gasteiger partial charge < -0.3 is 36.8 Å². The average Bonchev–Trinajstić information content (AvgIpc) is 3.28. The van der Waals surface area contributed by atoms with Crippen LogP contribution in [0.15, 0.2) is 73.1 Å². The number of nitrogens with two attached hydrogens (primary N) is 2. The maximum Gasteiger partial charge on any atom is 0.340 e. The van der Waals surface area contributed by atoms with E-state index < -0.39 is 29.6 Å². The third-order valence-corrected chi connectivity index (χ3v) is 11.8. The van der Waals surface area contributed by atoms with Crippen LogP contribution in [0.4, 0.5) is 20.4 Å². The number of carbonyl (C=O) groups excluding carboxylic acids is 2. The lowest BCUT2D eigenvalue weighted by Gasteiger charge is -2.27. The van der Waals surface area contributed by atoms with Crippen molar-refractivity contribution in [2.75, 3.05) is 38.4 Å². The lowest BCUT2D eigenvalue weighted by Crippen LogP contribution is -2.31. The number of nitrogens with zero attached hydrogens (tertiary/aromatic N) is 4. The highest BCUT2D eigenvalue weighted by Gasteiger charge is 2.26. The highest BCUT2D eigenvalue weighted by Crippen LogP contribution is 2.38. The fourth-order valence-corrected chi connectivity index (χ4v) is 8.10. The predicted octanol–water partition coefficient (Wildman–Crippen LogP) is 7.17. The molecule has 322 valence electrons. The number of rotatable bonds is 11. The summed E-state index contributed by atoms with van der Waals surface area (Å²) in [5, 5.41) is 31.5. The van der Waals surface area contributed by atoms with Gasteiger partial charge in [-0.1, -0.05) is 35.9 Å². The Morgan fingerprint density at radius 3 is 1.67 bits per heavy atom. The molecule has 0 saturated heterocycles. The Kier molecular flexibility index (Phi) is 15.3. The van der Waals surface area contributed by atoms with Gasteiger partial charge >= 0.3 is 5.97 Å². The highest BCUT2D eigenvalue weighted by atomic mass is 35.5. The van der Waals surface area contributed by atoms with Crippen molar-refractivity contribution in [2.24, 2.45) is 11.8 Å². The minimum Gasteiger partial charge on any atom is -0.465 e. The summed E-state index contributed by atoms with van der Waals surface area (Å²) in [6.07, 6.45) is 10.7. The van der Waals surface area contributed by atoms with E-state index in [9.17, 15) is 29.3 Å². The summed E-state index contributed by atoms with van der Waals surface area (Å²) in [5.41, 5.74) is 15.6. The molecule has 61 heavy (non-hydrogen) atoms. The zero-order valence-corrected chi connectivity index (χ0v) is 34.5. The summed E-state index contributed by atoms with van der Waals surface area (Å²) in [6.45, 7) is 0.0465. The van der Waals surface area contributed by atoms with E-state index in [2.05, 4.69) is 30.0 Å². The first kappa shape index (κ1) is 44.9. The third kappa shape index (κ3) is 11.0. The molecular formula is C45H50ClF2N7O6. The fourth-order valence-electron chi connectivity index (χ4n) is 7.90. The van der Waals surface area contributed by atoms with Gasteiger partial charge in [-0.3, -0.25) is 4.79 Å². The Morgan fingerprint density at radius 1 is 0.754 bits per heavy atom. The maximum absolute atomic E-state index is 15.0. The first-order chi connectivity index (χ1) is 29.4. The van der Waals surface area contributed by atoms with Crippen molar-refractivity contribution in [3.8, 4) is 22.5 Å². The van der Waals surface area contributed by atoms with E-state index in [-0.39, 0.29) is 54.4 Å². The Labute approximate surface area is 357 Å². The molecule has 8 N–H and O–H groups in total. The minimum atomic E-state index is -0.738. The smallest absolute Gasteiger partial charge is 0.340 e. The van der Waals surface area contributed by atoms with Crippen molar-refractivity contribution in [1.29, 1.82) is 0 Å². The molecule has 3 aromatic carbocycles. The van der Waals surface area contributed by atoms with E-state index in [1.807, 2.05) is 0 Å². The Hall–Kier alpha value is -5.61. The molecule has 0 aliphatic heterocycles. The molecule has 2 aliphatic carbocycles. The van der Waals surface area contributed by atoms with E-state index in [1.54, 1.807) is 48.8 Å². The lowest BCUT2D eigenvalue weighted by molar-refractivity contribution is 0.0595. The molecule has 2 fully saturated rings. The van der Waals surface area contributed by atoms with E-state index in [1.165, 1.54) is 31.4 Å². The van der Waals surface area contributed by atoms with Crippen LogP contribution in [-0.4, -0.2) is 74.1 Å². The van der Waals surface area contributed by atoms with Gasteiger partial charge in [-0.15, -0.1) is 0 Å². The molecule has 1 unspecified atom stereocenters. The number of aliphatic hydroxyl groups excluding tert-OH is 3. The van der Waals surface area contributed by atoms with Crippen LogP contribution in [0.5, 0.6) is 0 Å². The third-order valence-electron chi connectivity index (χ3n) is 11.6. The van der Waals surface area contributed by atoms with Crippen molar-refractivity contribution >= 4 is 35.1 Å². The molecule has 2 aromatic heterocycles. The first-order valence-electron chi connectivity index (χ1n) is 20.2. The summed E-state index contributed by atoms with van der Waals surface area (Å²) in [4.78, 5) is 42.1. The van der Waals surface area contributed by atoms with Crippen molar-refractivity contribution < 1.29 is 38.4 Å². The van der Waals surface area contributed by atoms with E-state index >= 15 is 4.39 Å². The van der Waals surface area contributed by atoms with Gasteiger partial charge in [0.15, 0.2) is 0 Å². The van der Waals surface area contributed by atoms with E-state index in [0.29, 0.717) is 44.9 Å². The van der Waals surface area contributed by atoms with Crippen LogP contribution >= 0.6 is 11.6 Å². The van der Waals surface area contributed by atoms with Gasteiger partial charge in [0.2, 0.25) is 0 Å². The molecule has 2 heterocycles. The van der Waals surface area contributed by atoms with Gasteiger partial charge in [0.1, 0.15) is 34.7 Å². The molecule has 2 aliphatic rings. The molecule has 0 spiro atoms. The topological polar surface area (TPSA) is 220 Å². The van der Waals surface area contributed by atoms with Crippen LogP contribution in [0.2, 0.25) is 5.02 Å². The molecule has 5 aromatic rings. The molecule has 1 atom stereocenters. The van der Waals surface area contributed by atoms with Crippen LogP contribution in [0.25, 0.3) is 22.5 Å². The van der Waals surface area contributed by atoms with Gasteiger partial charge in [-0.2, -0.15) is 0 Å². The van der Waals surface area contributed by atoms with Crippen molar-refractivity contribution in [3.63, 3.8) is 0 Å². The molecule has 2 saturated carbocycles. The molecule has 7 rings (SSSR count). The largest absolute Gasteiger partial charge is 0.465 e. The summed E-state index contributed by atoms with van der Waals surface area (Å²) in [7, 11) is 1.20. The average molecular weight is 858 g/mol. The summed E-state index contributed by atoms with van der Waals surface area (Å²) >= 11 is 6.00. The number of methoxy groups -OCH3 is 1. The zero-order chi connectivity index (χ0) is 43.6. The number of hydrogen-bond acceptors (Lipinski definition) is 12. The number of nitrogen functional groups attached to an aromatic ring is 2. The normalized spacial score (nSPS) is 19.3. The van der Waals surface area contributed by atoms with Crippen molar-refractivity contribution in [2.45, 2.75) is 69.2 Å². The standard InChI is InChI=1S/C26H28ClFN4O3.C19H22FN3O3/c27-19-3-1-2-17(10-19)23(14-34)32-26(35)20-9-8-18(11-21(20)28)24-25(29)30-12-22(31-24)16-6-4-15(13-33)5-7-16;1-26-19(25)14-7-6-13(8-15(14)20)17-18(21)22-9-16(23-17)12-4-2-11(10-24)3-5-12/h1-3,8-12,15-16,23,33-34H,4-7,13-14H2,(H2,29,30)(H,32,35);6-9,11-12,24H,2-5,10H2,1H3,(H2,21,22). The van der Waals surface area contributed by atoms with Gasteiger partial charge in [-0.05, 0) is 105 Å². The Bertz CT molecular complexity index is 2320. The zero-order valence-electron chi connectivity index (χ0n) is 33.7. The first-order valence-corrected chi connectivity index (χ1v) is 20.6. The van der Waals surface area contributed by atoms with Crippen LogP contribution in [0.1, 0.15) is 107 Å². The van der Waals surface area contributed by atoms with Crippen LogP contribution < -0.4 is 16.8 Å². The predicted molar refractivity (Wildman–Crippen MR) is 227 cm³/mol. The summed E-state index contributed by atoms with van der Waals surface area (Å²) in [5.74, 6) is -1.30. The maximum atomic E-state index is 15.0. The number of aromatic nitrogens is 4. The molecule has 1 amide bonds. The quantitative estimate of drug-likeness (QED) is 0.0729. The SMILES string of the molecule is COC(=O)c1ccc(-c2nc(C3CCC(CO)CC3)cnc2N)cc1F.Nc1ncc(C2CCC(CO)CC2)nc1-c1ccc(C(=O)NC(CO)c2cccc(Cl)c2)c(F)c1. The number of halogens is 3. The van der Waals surface area contributed by atoms with Gasteiger partial charge in [0.05, 0.1) is 54.7 Å². The molecule has 0 bridgehead atoms. The van der Waals surface area contributed by atoms with Crippen molar-refractivity contribution in [1.82, 2.24) is 25.3 Å². The molecule has 16 heteroatoms. The lowest BCUT2D eigenvalue weighted by atomic mass is 9.81. The summed E-state index contributed by atoms with van der Waals surface area (Å²) in [6, 6.07) is 14.3. The minimum absolute atomic E-state index is 0.138. The van der Waals surface area contributed by atoms with Gasteiger partial charge in [-0.25, -0.2) is 33.5 Å². The van der Waals surface area contributed by atoms with E-state index in [4.69, 9.17) is 23.1 Å². The second-order valence-electron chi connectivity index (χ2n) is 15.5. The summed E-state index contributed by atoms with van der Waals surface area (Å²) < 4.78 is 33.8. The number of nitrogens with one attached hydrogen (secondary N) is 1. The second-order valence-corrected chi connectivity index (χ2v) is 15.9. The Morgan fingerprint density at radius 2 is 1.25 bits per heavy atom. The number of amides is 1. The van der Waals surface area contributed by atoms with Crippen molar-refractivity contribution in [3.05, 3.63) is 118 Å². The van der Waals surface area contributed by atoms with Crippen LogP contribution in [0, 0.1) is 23.5 Å². The van der Waals surface area contributed by atoms with Gasteiger partial charge in [0.25, 0.3) is 5.91 Å². The number of benzene rings is 3. The number of ether oxygens (including phenoxy) is 1. The monoisotopic (exact) mass is 857 g/mol. The van der Waals surface area contributed by atoms with E-state index in [0.717, 1.165) is 62.8 Å². The number of esters is 1. The number of anilines is 2.